The topological polar surface area (TPSA) is 182 Å². The van der Waals surface area contributed by atoms with E-state index < -0.39 is 73.8 Å². The monoisotopic (exact) mass is 793 g/mol. The van der Waals surface area contributed by atoms with Crippen LogP contribution in [-0.2, 0) is 29.1 Å². The molecule has 0 unspecified atom stereocenters. The highest BCUT2D eigenvalue weighted by atomic mass is 79.9. The van der Waals surface area contributed by atoms with Crippen molar-refractivity contribution in [2.24, 2.45) is 5.41 Å². The Balaban J connectivity index is 1.70. The quantitative estimate of drug-likeness (QED) is 0.206. The second kappa shape index (κ2) is 15.0. The van der Waals surface area contributed by atoms with Crippen molar-refractivity contribution in [2.75, 3.05) is 13.7 Å². The van der Waals surface area contributed by atoms with Crippen LogP contribution in [0.25, 0.3) is 10.8 Å². The molecule has 51 heavy (non-hydrogen) atoms. The molecule has 16 heteroatoms. The number of ether oxygens (including phenoxy) is 3. The van der Waals surface area contributed by atoms with Gasteiger partial charge in [-0.15, -0.1) is 6.58 Å². The van der Waals surface area contributed by atoms with Gasteiger partial charge in [0, 0.05) is 17.2 Å². The fraction of sp³-hybridized carbons (Fsp3) is 0.571. The molecule has 1 saturated carbocycles. The summed E-state index contributed by atoms with van der Waals surface area (Å²) in [6.45, 7) is 15.4. The third kappa shape index (κ3) is 9.50. The maximum absolute atomic E-state index is 14.5. The van der Waals surface area contributed by atoms with E-state index in [1.54, 1.807) is 41.5 Å². The normalized spacial score (nSPS) is 19.7. The molecule has 1 saturated heterocycles. The van der Waals surface area contributed by atoms with Gasteiger partial charge in [-0.25, -0.2) is 18.2 Å². The molecule has 14 nitrogen and oxygen atoms in total. The third-order valence-electron chi connectivity index (χ3n) is 8.55. The van der Waals surface area contributed by atoms with Gasteiger partial charge in [-0.3, -0.25) is 19.1 Å². The first-order valence-electron chi connectivity index (χ1n) is 16.7. The summed E-state index contributed by atoms with van der Waals surface area (Å²) in [6.07, 6.45) is 0.571. The van der Waals surface area contributed by atoms with Gasteiger partial charge in [-0.1, -0.05) is 45.0 Å². The molecule has 4 atom stereocenters. The van der Waals surface area contributed by atoms with Gasteiger partial charge in [-0.2, -0.15) is 0 Å². The average Bonchev–Trinajstić information content (AvgIpc) is 3.79. The summed E-state index contributed by atoms with van der Waals surface area (Å²) in [5.74, 6) is -1.50. The van der Waals surface area contributed by atoms with Crippen LogP contribution in [-0.4, -0.2) is 90.3 Å². The summed E-state index contributed by atoms with van der Waals surface area (Å²) < 4.78 is 45.2. The molecule has 2 fully saturated rings. The second-order valence-corrected chi connectivity index (χ2v) is 17.9. The average molecular weight is 795 g/mol. The zero-order valence-corrected chi connectivity index (χ0v) is 32.7. The number of rotatable bonds is 12. The van der Waals surface area contributed by atoms with Gasteiger partial charge in [0.15, 0.2) is 10.4 Å². The lowest BCUT2D eigenvalue weighted by atomic mass is 9.85. The summed E-state index contributed by atoms with van der Waals surface area (Å²) in [4.78, 5) is 60.9. The number of nitrogens with one attached hydrogen (secondary N) is 3. The molecule has 2 aromatic rings. The summed E-state index contributed by atoms with van der Waals surface area (Å²) >= 11 is 3.44. The molecule has 2 aliphatic rings. The lowest BCUT2D eigenvalue weighted by molar-refractivity contribution is -0.143. The first-order valence-corrected chi connectivity index (χ1v) is 19.0. The highest BCUT2D eigenvalue weighted by molar-refractivity contribution is 9.10. The number of nitrogens with zero attached hydrogens (tertiary/aromatic N) is 2. The van der Waals surface area contributed by atoms with Crippen molar-refractivity contribution in [3.63, 3.8) is 0 Å². The van der Waals surface area contributed by atoms with E-state index in [0.29, 0.717) is 28.6 Å². The lowest BCUT2D eigenvalue weighted by Gasteiger charge is -2.36. The zero-order valence-electron chi connectivity index (χ0n) is 30.3. The number of fused-ring (bicyclic) bond motifs is 1. The third-order valence-corrected chi connectivity index (χ3v) is 10.9. The molecule has 280 valence electrons. The number of hydrogen-bond donors (Lipinski definition) is 3. The molecule has 4 rings (SSSR count). The molecule has 1 aromatic carbocycles. The van der Waals surface area contributed by atoms with Crippen LogP contribution < -0.4 is 24.8 Å². The van der Waals surface area contributed by atoms with Crippen molar-refractivity contribution in [1.82, 2.24) is 25.2 Å². The number of amides is 4. The van der Waals surface area contributed by atoms with E-state index in [0.717, 1.165) is 5.39 Å². The van der Waals surface area contributed by atoms with Gasteiger partial charge in [-0.05, 0) is 74.4 Å². The minimum absolute atomic E-state index is 0.0211. The van der Waals surface area contributed by atoms with Crippen LogP contribution in [0.3, 0.4) is 0 Å². The van der Waals surface area contributed by atoms with E-state index in [2.05, 4.69) is 42.8 Å². The molecule has 1 aromatic heterocycles. The lowest BCUT2D eigenvalue weighted by Crippen LogP contribution is -2.62. The van der Waals surface area contributed by atoms with E-state index in [4.69, 9.17) is 14.2 Å². The smallest absolute Gasteiger partial charge is 0.408 e. The Morgan fingerprint density at radius 2 is 1.71 bits per heavy atom. The van der Waals surface area contributed by atoms with Crippen molar-refractivity contribution in [3.8, 4) is 11.6 Å². The number of carbonyl (C=O) groups is 4. The first-order chi connectivity index (χ1) is 23.6. The Morgan fingerprint density at radius 3 is 2.25 bits per heavy atom. The number of alkyl carbamates (subject to hydrolysis) is 1. The van der Waals surface area contributed by atoms with E-state index in [1.165, 1.54) is 25.0 Å². The van der Waals surface area contributed by atoms with Crippen LogP contribution in [0.2, 0.25) is 0 Å². The van der Waals surface area contributed by atoms with Gasteiger partial charge in [0.1, 0.15) is 29.3 Å². The van der Waals surface area contributed by atoms with Crippen LogP contribution >= 0.6 is 15.9 Å². The summed E-state index contributed by atoms with van der Waals surface area (Å²) in [7, 11) is -2.41. The molecular formula is C35H48BrN5O9S. The zero-order chi connectivity index (χ0) is 38.1. The molecule has 0 radical (unpaired) electrons. The van der Waals surface area contributed by atoms with Gasteiger partial charge >= 0.3 is 6.09 Å². The van der Waals surface area contributed by atoms with E-state index in [-0.39, 0.29) is 25.3 Å². The molecule has 0 spiro atoms. The molecule has 1 aliphatic heterocycles. The van der Waals surface area contributed by atoms with Crippen LogP contribution in [0, 0.1) is 5.41 Å². The predicted octanol–water partition coefficient (Wildman–Crippen LogP) is 4.35. The number of hydrogen-bond acceptors (Lipinski definition) is 10. The molecule has 2 heterocycles. The highest BCUT2D eigenvalue weighted by Crippen LogP contribution is 2.38. The number of benzene rings is 1. The number of halogens is 1. The Hall–Kier alpha value is -3.92. The minimum Gasteiger partial charge on any atom is -0.493 e. The van der Waals surface area contributed by atoms with E-state index in [9.17, 15) is 27.6 Å². The number of methoxy groups -OCH3 is 1. The predicted molar refractivity (Wildman–Crippen MR) is 195 cm³/mol. The van der Waals surface area contributed by atoms with Crippen molar-refractivity contribution < 1.29 is 41.8 Å². The van der Waals surface area contributed by atoms with Gasteiger partial charge in [0.25, 0.3) is 5.91 Å². The van der Waals surface area contributed by atoms with E-state index >= 15 is 0 Å². The SMILES string of the molecule is C=CC[C@@](C)(NC(=O)[C@@H]1C[C@@H](Oc2nc(Br)c(OC)c3ccccc23)CN1C(=O)[C@@H](NC(=O)OC(C)(C)C)C(C)(C)C)C(=O)NS(=O)(=O)C1CC1. The van der Waals surface area contributed by atoms with Crippen LogP contribution in [0.15, 0.2) is 41.5 Å². The fourth-order valence-corrected chi connectivity index (χ4v) is 7.73. The Labute approximate surface area is 307 Å². The largest absolute Gasteiger partial charge is 0.493 e. The summed E-state index contributed by atoms with van der Waals surface area (Å²) in [5, 5.41) is 6.08. The first kappa shape index (κ1) is 39.9. The summed E-state index contributed by atoms with van der Waals surface area (Å²) in [5.41, 5.74) is -3.40. The van der Waals surface area contributed by atoms with Crippen LogP contribution in [0.4, 0.5) is 4.79 Å². The van der Waals surface area contributed by atoms with Crippen LogP contribution in [0.1, 0.15) is 74.1 Å². The number of pyridine rings is 1. The highest BCUT2D eigenvalue weighted by Gasteiger charge is 2.49. The van der Waals surface area contributed by atoms with E-state index in [1.807, 2.05) is 24.3 Å². The minimum atomic E-state index is -3.93. The molecule has 3 N–H and O–H groups in total. The Bertz CT molecular complexity index is 1800. The standard InChI is InChI=1S/C35H48BrN5O9S/c1-10-17-35(8,31(44)40-51(46,47)21-15-16-21)39-28(42)24-18-20(49-29-23-14-12-11-13-22(23)25(48-9)27(36)38-29)19-41(24)30(43)26(33(2,3)4)37-32(45)50-34(5,6)7/h10-14,20-21,24,26H,1,15-19H2,2-9H3,(H,37,45)(H,39,42)(H,40,44)/t20-,24+,26-,35-/m1/s1. The number of likely N-dealkylation sites (tertiary alicyclic amines) is 1. The maximum Gasteiger partial charge on any atom is 0.408 e. The summed E-state index contributed by atoms with van der Waals surface area (Å²) in [6, 6.07) is 4.98. The van der Waals surface area contributed by atoms with Gasteiger partial charge in [0.05, 0.1) is 18.9 Å². The molecule has 0 bridgehead atoms. The fourth-order valence-electron chi connectivity index (χ4n) is 5.78. The number of aromatic nitrogens is 1. The van der Waals surface area contributed by atoms with Crippen molar-refractivity contribution >= 4 is 60.5 Å². The molecule has 1 aliphatic carbocycles. The maximum atomic E-state index is 14.5. The number of sulfonamides is 1. The van der Waals surface area contributed by atoms with Gasteiger partial charge < -0.3 is 29.7 Å². The van der Waals surface area contributed by atoms with Crippen molar-refractivity contribution in [3.05, 3.63) is 41.5 Å². The second-order valence-electron chi connectivity index (χ2n) is 15.2. The van der Waals surface area contributed by atoms with Crippen molar-refractivity contribution in [1.29, 1.82) is 0 Å². The Kier molecular flexibility index (Phi) is 11.7. The Morgan fingerprint density at radius 1 is 1.08 bits per heavy atom. The molecular weight excluding hydrogens is 746 g/mol. The van der Waals surface area contributed by atoms with Gasteiger partial charge in [0.2, 0.25) is 27.7 Å². The van der Waals surface area contributed by atoms with Crippen LogP contribution in [0.5, 0.6) is 11.6 Å². The molecule has 4 amide bonds. The number of carbonyl (C=O) groups excluding carboxylic acids is 4. The van der Waals surface area contributed by atoms with Crippen molar-refractivity contribution in [2.45, 2.75) is 109 Å².